The molecular weight excluding hydrogens is 264 g/mol. The van der Waals surface area contributed by atoms with Crippen molar-refractivity contribution in [2.24, 2.45) is 0 Å². The van der Waals surface area contributed by atoms with Crippen molar-refractivity contribution in [2.45, 2.75) is 97.8 Å². The molecule has 0 unspecified atom stereocenters. The van der Waals surface area contributed by atoms with E-state index in [9.17, 15) is 4.79 Å². The number of unbranched alkanes of at least 4 members (excludes halogenated alkanes) is 9. The fourth-order valence-electron chi connectivity index (χ4n) is 1.55. The van der Waals surface area contributed by atoms with Gasteiger partial charge in [-0.25, -0.2) is 0 Å². The topological polar surface area (TPSA) is 57.5 Å². The lowest BCUT2D eigenvalue weighted by atomic mass is 10.2. The van der Waals surface area contributed by atoms with Gasteiger partial charge in [-0.3, -0.25) is 0 Å². The van der Waals surface area contributed by atoms with E-state index in [4.69, 9.17) is 10.2 Å². The fraction of sp³-hybridized carbons (Fsp3) is 0.944. The molecule has 0 heterocycles. The molecule has 0 rings (SSSR count). The Morgan fingerprint density at radius 2 is 1.00 bits per heavy atom. The number of carbonyl (C=O) groups is 1. The molecule has 3 heteroatoms. The largest absolute Gasteiger partial charge is 0.396 e. The maximum atomic E-state index is 9.68. The van der Waals surface area contributed by atoms with E-state index in [-0.39, 0.29) is 0 Å². The molecule has 0 aliphatic heterocycles. The quantitative estimate of drug-likeness (QED) is 0.399. The van der Waals surface area contributed by atoms with E-state index >= 15 is 0 Å². The Morgan fingerprint density at radius 1 is 0.619 bits per heavy atom. The first-order valence-corrected chi connectivity index (χ1v) is 8.90. The van der Waals surface area contributed by atoms with Crippen LogP contribution in [0.2, 0.25) is 0 Å². The zero-order valence-corrected chi connectivity index (χ0v) is 14.8. The Morgan fingerprint density at radius 3 is 1.29 bits per heavy atom. The van der Waals surface area contributed by atoms with Crippen LogP contribution in [0, 0.1) is 0 Å². The molecule has 0 bridgehead atoms. The maximum absolute atomic E-state index is 9.68. The van der Waals surface area contributed by atoms with Crippen molar-refractivity contribution < 1.29 is 15.0 Å². The van der Waals surface area contributed by atoms with Gasteiger partial charge in [0.15, 0.2) is 0 Å². The molecule has 21 heavy (non-hydrogen) atoms. The molecule has 0 aromatic carbocycles. The van der Waals surface area contributed by atoms with Crippen LogP contribution in [0.3, 0.4) is 0 Å². The molecule has 0 amide bonds. The zero-order valence-electron chi connectivity index (χ0n) is 14.8. The van der Waals surface area contributed by atoms with Crippen molar-refractivity contribution in [1.82, 2.24) is 0 Å². The van der Waals surface area contributed by atoms with Gasteiger partial charge in [0.2, 0.25) is 0 Å². The fourth-order valence-corrected chi connectivity index (χ4v) is 1.55. The number of aliphatic hydroxyl groups is 2. The summed E-state index contributed by atoms with van der Waals surface area (Å²) in [6.07, 6.45) is 14.6. The Bertz CT molecular complexity index is 131. The number of rotatable bonds is 12. The highest BCUT2D eigenvalue weighted by Crippen LogP contribution is 1.96. The second-order valence-corrected chi connectivity index (χ2v) is 5.23. The van der Waals surface area contributed by atoms with E-state index in [0.717, 1.165) is 32.0 Å². The SMILES string of the molecule is CCCCCC=O.CCCCCCO.CCCCCCO. The second-order valence-electron chi connectivity index (χ2n) is 5.23. The van der Waals surface area contributed by atoms with Gasteiger partial charge in [-0.2, -0.15) is 0 Å². The summed E-state index contributed by atoms with van der Waals surface area (Å²) in [6.45, 7) is 7.18. The third-order valence-electron chi connectivity index (χ3n) is 2.95. The minimum absolute atomic E-state index is 0.361. The Labute approximate surface area is 133 Å². The number of hydrogen-bond acceptors (Lipinski definition) is 3. The predicted octanol–water partition coefficient (Wildman–Crippen LogP) is 4.88. The van der Waals surface area contributed by atoms with E-state index < -0.39 is 0 Å². The molecule has 0 aliphatic rings. The van der Waals surface area contributed by atoms with Crippen LogP contribution in [0.5, 0.6) is 0 Å². The van der Waals surface area contributed by atoms with E-state index in [1.165, 1.54) is 51.4 Å². The van der Waals surface area contributed by atoms with Crippen molar-refractivity contribution in [2.75, 3.05) is 13.2 Å². The highest BCUT2D eigenvalue weighted by Gasteiger charge is 1.81. The summed E-state index contributed by atoms with van der Waals surface area (Å²) in [5, 5.41) is 16.6. The van der Waals surface area contributed by atoms with Gasteiger partial charge in [-0.15, -0.1) is 0 Å². The van der Waals surface area contributed by atoms with Crippen molar-refractivity contribution in [3.8, 4) is 0 Å². The zero-order chi connectivity index (χ0) is 16.6. The summed E-state index contributed by atoms with van der Waals surface area (Å²) in [5.41, 5.74) is 0. The minimum atomic E-state index is 0.361. The van der Waals surface area contributed by atoms with Crippen LogP contribution in [-0.2, 0) is 4.79 Å². The molecule has 0 aromatic heterocycles. The summed E-state index contributed by atoms with van der Waals surface area (Å²) >= 11 is 0. The molecule has 0 fully saturated rings. The molecule has 0 atom stereocenters. The normalized spacial score (nSPS) is 9.19. The molecule has 0 saturated heterocycles. The van der Waals surface area contributed by atoms with Gasteiger partial charge < -0.3 is 15.0 Å². The van der Waals surface area contributed by atoms with Crippen LogP contribution in [0.1, 0.15) is 97.8 Å². The highest BCUT2D eigenvalue weighted by molar-refractivity contribution is 5.48. The molecule has 0 radical (unpaired) electrons. The average Bonchev–Trinajstić information content (AvgIpc) is 2.50. The molecule has 0 saturated carbocycles. The maximum Gasteiger partial charge on any atom is 0.119 e. The number of carbonyl (C=O) groups excluding carboxylic acids is 1. The first-order chi connectivity index (χ1) is 10.2. The van der Waals surface area contributed by atoms with Crippen molar-refractivity contribution in [3.63, 3.8) is 0 Å². The molecule has 0 spiro atoms. The minimum Gasteiger partial charge on any atom is -0.396 e. The summed E-state index contributed by atoms with van der Waals surface area (Å²) in [6, 6.07) is 0. The van der Waals surface area contributed by atoms with Gasteiger partial charge in [0.05, 0.1) is 0 Å². The summed E-state index contributed by atoms with van der Waals surface area (Å²) in [4.78, 5) is 9.68. The van der Waals surface area contributed by atoms with Gasteiger partial charge in [-0.05, 0) is 19.3 Å². The van der Waals surface area contributed by atoms with Crippen LogP contribution in [0.4, 0.5) is 0 Å². The Kier molecular flexibility index (Phi) is 38.7. The highest BCUT2D eigenvalue weighted by atomic mass is 16.3. The van der Waals surface area contributed by atoms with Gasteiger partial charge in [0, 0.05) is 19.6 Å². The average molecular weight is 305 g/mol. The van der Waals surface area contributed by atoms with Gasteiger partial charge in [0.25, 0.3) is 0 Å². The lowest BCUT2D eigenvalue weighted by Crippen LogP contribution is -1.80. The van der Waals surface area contributed by atoms with Gasteiger partial charge in [0.1, 0.15) is 6.29 Å². The van der Waals surface area contributed by atoms with Crippen LogP contribution in [0.15, 0.2) is 0 Å². The second kappa shape index (κ2) is 31.8. The van der Waals surface area contributed by atoms with E-state index in [1.807, 2.05) is 0 Å². The van der Waals surface area contributed by atoms with E-state index in [1.54, 1.807) is 0 Å². The van der Waals surface area contributed by atoms with Crippen molar-refractivity contribution >= 4 is 6.29 Å². The third kappa shape index (κ3) is 45.1. The number of hydrogen-bond donors (Lipinski definition) is 2. The smallest absolute Gasteiger partial charge is 0.119 e. The Hall–Kier alpha value is -0.410. The summed E-state index contributed by atoms with van der Waals surface area (Å²) in [7, 11) is 0. The number of aliphatic hydroxyl groups excluding tert-OH is 2. The van der Waals surface area contributed by atoms with Crippen LogP contribution in [-0.4, -0.2) is 29.7 Å². The van der Waals surface area contributed by atoms with Crippen LogP contribution >= 0.6 is 0 Å². The predicted molar refractivity (Wildman–Crippen MR) is 92.7 cm³/mol. The Balaban J connectivity index is -0.000000231. The molecular formula is C18H40O3. The van der Waals surface area contributed by atoms with Crippen molar-refractivity contribution in [1.29, 1.82) is 0 Å². The lowest BCUT2D eigenvalue weighted by molar-refractivity contribution is -0.107. The van der Waals surface area contributed by atoms with E-state index in [0.29, 0.717) is 13.2 Å². The lowest BCUT2D eigenvalue weighted by Gasteiger charge is -1.90. The van der Waals surface area contributed by atoms with Crippen LogP contribution < -0.4 is 0 Å². The molecule has 3 nitrogen and oxygen atoms in total. The summed E-state index contributed by atoms with van der Waals surface area (Å²) < 4.78 is 0. The third-order valence-corrected chi connectivity index (χ3v) is 2.95. The summed E-state index contributed by atoms with van der Waals surface area (Å²) in [5.74, 6) is 0. The molecule has 130 valence electrons. The first kappa shape index (κ1) is 25.5. The van der Waals surface area contributed by atoms with Crippen LogP contribution in [0.25, 0.3) is 0 Å². The monoisotopic (exact) mass is 304 g/mol. The molecule has 2 N–H and O–H groups in total. The number of aldehydes is 1. The van der Waals surface area contributed by atoms with E-state index in [2.05, 4.69) is 20.8 Å². The van der Waals surface area contributed by atoms with Gasteiger partial charge in [-0.1, -0.05) is 72.1 Å². The molecule has 0 aliphatic carbocycles. The standard InChI is InChI=1S/2C6H14O.C6H12O/c3*1-2-3-4-5-6-7/h2*7H,2-6H2,1H3;6H,2-5H2,1H3. The first-order valence-electron chi connectivity index (χ1n) is 8.90. The molecule has 0 aromatic rings. The van der Waals surface area contributed by atoms with Crippen molar-refractivity contribution in [3.05, 3.63) is 0 Å². The van der Waals surface area contributed by atoms with Gasteiger partial charge >= 0.3 is 0 Å².